The smallest absolute Gasteiger partial charge is 0.131 e. The second-order valence-electron chi connectivity index (χ2n) is 4.73. The van der Waals surface area contributed by atoms with E-state index in [-0.39, 0.29) is 0 Å². The molecule has 2 aliphatic heterocycles. The zero-order valence-corrected chi connectivity index (χ0v) is 10.7. The molecule has 3 rings (SSSR count). The summed E-state index contributed by atoms with van der Waals surface area (Å²) < 4.78 is 0. The summed E-state index contributed by atoms with van der Waals surface area (Å²) in [5.41, 5.74) is 5.14. The molecule has 0 radical (unpaired) electrons. The Morgan fingerprint density at radius 1 is 1.17 bits per heavy atom. The van der Waals surface area contributed by atoms with Crippen LogP contribution < -0.4 is 0 Å². The van der Waals surface area contributed by atoms with Gasteiger partial charge in [0, 0.05) is 12.4 Å². The van der Waals surface area contributed by atoms with Crippen molar-refractivity contribution in [1.29, 1.82) is 0 Å². The summed E-state index contributed by atoms with van der Waals surface area (Å²) in [6.45, 7) is 5.07. The molecule has 1 aromatic carbocycles. The highest BCUT2D eigenvalue weighted by Gasteiger charge is 2.13. The van der Waals surface area contributed by atoms with Crippen LogP contribution in [-0.2, 0) is 0 Å². The molecule has 2 heterocycles. The topological polar surface area (TPSA) is 15.6 Å². The zero-order chi connectivity index (χ0) is 12.5. The van der Waals surface area contributed by atoms with Gasteiger partial charge in [0.25, 0.3) is 0 Å². The van der Waals surface area contributed by atoms with Gasteiger partial charge in [0.05, 0.1) is 6.54 Å². The van der Waals surface area contributed by atoms with E-state index in [2.05, 4.69) is 72.6 Å². The van der Waals surface area contributed by atoms with Gasteiger partial charge < -0.3 is 4.90 Å². The highest BCUT2D eigenvalue weighted by Crippen LogP contribution is 2.25. The van der Waals surface area contributed by atoms with Crippen molar-refractivity contribution in [3.05, 3.63) is 65.5 Å². The molecule has 0 unspecified atom stereocenters. The van der Waals surface area contributed by atoms with Crippen molar-refractivity contribution >= 4 is 11.4 Å². The maximum absolute atomic E-state index is 4.44. The third-order valence-electron chi connectivity index (χ3n) is 3.27. The van der Waals surface area contributed by atoms with Crippen LogP contribution in [0.2, 0.25) is 0 Å². The molecular formula is C16H16N2. The van der Waals surface area contributed by atoms with E-state index in [9.17, 15) is 0 Å². The molecule has 0 saturated carbocycles. The lowest BCUT2D eigenvalue weighted by Gasteiger charge is -2.24. The van der Waals surface area contributed by atoms with Gasteiger partial charge in [-0.3, -0.25) is 4.99 Å². The Morgan fingerprint density at radius 2 is 2.06 bits per heavy atom. The van der Waals surface area contributed by atoms with E-state index in [1.165, 1.54) is 22.3 Å². The lowest BCUT2D eigenvalue weighted by atomic mass is 9.97. The fourth-order valence-corrected chi connectivity index (χ4v) is 2.37. The predicted octanol–water partition coefficient (Wildman–Crippen LogP) is 3.44. The minimum atomic E-state index is 0.781. The zero-order valence-electron chi connectivity index (χ0n) is 10.7. The SMILES string of the molecule is Cc1ccc(C2=CN3C=CCN=C3C=C2)c(C)c1. The van der Waals surface area contributed by atoms with Gasteiger partial charge in [-0.2, -0.15) is 0 Å². The number of nitrogens with zero attached hydrogens (tertiary/aromatic N) is 2. The second kappa shape index (κ2) is 4.30. The first-order valence-corrected chi connectivity index (χ1v) is 6.21. The largest absolute Gasteiger partial charge is 0.309 e. The number of aliphatic imine (C=N–C) groups is 1. The fourth-order valence-electron chi connectivity index (χ4n) is 2.37. The molecule has 0 atom stereocenters. The molecule has 2 heteroatoms. The van der Waals surface area contributed by atoms with Crippen LogP contribution in [0.25, 0.3) is 5.57 Å². The van der Waals surface area contributed by atoms with Crippen LogP contribution in [0.15, 0.2) is 53.8 Å². The lowest BCUT2D eigenvalue weighted by molar-refractivity contribution is 0.737. The molecule has 2 aliphatic rings. The van der Waals surface area contributed by atoms with Crippen molar-refractivity contribution in [2.45, 2.75) is 13.8 Å². The van der Waals surface area contributed by atoms with Gasteiger partial charge in [-0.05, 0) is 48.8 Å². The third-order valence-corrected chi connectivity index (χ3v) is 3.27. The summed E-state index contributed by atoms with van der Waals surface area (Å²) in [7, 11) is 0. The highest BCUT2D eigenvalue weighted by atomic mass is 15.2. The molecule has 0 bridgehead atoms. The average Bonchev–Trinajstić information content (AvgIpc) is 2.38. The van der Waals surface area contributed by atoms with Gasteiger partial charge in [-0.25, -0.2) is 0 Å². The van der Waals surface area contributed by atoms with Gasteiger partial charge in [0.15, 0.2) is 0 Å². The molecule has 0 aliphatic carbocycles. The van der Waals surface area contributed by atoms with Crippen molar-refractivity contribution in [1.82, 2.24) is 4.90 Å². The number of allylic oxidation sites excluding steroid dienone is 2. The van der Waals surface area contributed by atoms with E-state index in [0.717, 1.165) is 12.4 Å². The number of rotatable bonds is 1. The molecule has 0 fully saturated rings. The van der Waals surface area contributed by atoms with E-state index in [1.54, 1.807) is 0 Å². The van der Waals surface area contributed by atoms with Crippen molar-refractivity contribution in [2.24, 2.45) is 4.99 Å². The van der Waals surface area contributed by atoms with Crippen molar-refractivity contribution in [2.75, 3.05) is 6.54 Å². The van der Waals surface area contributed by atoms with Crippen LogP contribution in [0.1, 0.15) is 16.7 Å². The first kappa shape index (κ1) is 11.0. The standard InChI is InChI=1S/C16H16N2/c1-12-4-6-15(13(2)10-12)14-5-7-16-17-8-3-9-18(16)11-14/h3-7,9-11H,8H2,1-2H3. The molecule has 1 aromatic rings. The van der Waals surface area contributed by atoms with Crippen LogP contribution in [0.5, 0.6) is 0 Å². The van der Waals surface area contributed by atoms with E-state index < -0.39 is 0 Å². The molecule has 18 heavy (non-hydrogen) atoms. The van der Waals surface area contributed by atoms with E-state index in [0.29, 0.717) is 0 Å². The molecule has 0 N–H and O–H groups in total. The number of amidine groups is 1. The highest BCUT2D eigenvalue weighted by molar-refractivity contribution is 6.00. The van der Waals surface area contributed by atoms with Crippen LogP contribution in [0, 0.1) is 13.8 Å². The number of benzene rings is 1. The summed E-state index contributed by atoms with van der Waals surface area (Å²) in [6, 6.07) is 6.57. The molecule has 0 spiro atoms. The summed E-state index contributed by atoms with van der Waals surface area (Å²) >= 11 is 0. The van der Waals surface area contributed by atoms with Gasteiger partial charge in [-0.1, -0.05) is 23.8 Å². The van der Waals surface area contributed by atoms with Gasteiger partial charge in [0.2, 0.25) is 0 Å². The minimum absolute atomic E-state index is 0.781. The number of hydrogen-bond donors (Lipinski definition) is 0. The van der Waals surface area contributed by atoms with E-state index in [1.807, 2.05) is 0 Å². The minimum Gasteiger partial charge on any atom is -0.309 e. The van der Waals surface area contributed by atoms with E-state index >= 15 is 0 Å². The molecular weight excluding hydrogens is 220 g/mol. The number of aryl methyl sites for hydroxylation is 2. The molecule has 0 amide bonds. The number of hydrogen-bond acceptors (Lipinski definition) is 2. The van der Waals surface area contributed by atoms with Crippen LogP contribution in [0.4, 0.5) is 0 Å². The monoisotopic (exact) mass is 236 g/mol. The first-order chi connectivity index (χ1) is 8.74. The summed E-state index contributed by atoms with van der Waals surface area (Å²) in [4.78, 5) is 6.52. The molecule has 2 nitrogen and oxygen atoms in total. The Kier molecular flexibility index (Phi) is 2.63. The maximum atomic E-state index is 4.44. The molecule has 90 valence electrons. The molecule has 0 aromatic heterocycles. The normalized spacial score (nSPS) is 17.3. The number of fused-ring (bicyclic) bond motifs is 1. The molecule has 0 saturated heterocycles. The van der Waals surface area contributed by atoms with Crippen LogP contribution in [0.3, 0.4) is 0 Å². The first-order valence-electron chi connectivity index (χ1n) is 6.21. The lowest BCUT2D eigenvalue weighted by Crippen LogP contribution is -2.23. The Bertz CT molecular complexity index is 604. The Balaban J connectivity index is 2.01. The average molecular weight is 236 g/mol. The predicted molar refractivity (Wildman–Crippen MR) is 76.3 cm³/mol. The Labute approximate surface area is 108 Å². The third kappa shape index (κ3) is 1.90. The van der Waals surface area contributed by atoms with Crippen molar-refractivity contribution < 1.29 is 0 Å². The van der Waals surface area contributed by atoms with Crippen LogP contribution in [-0.4, -0.2) is 17.3 Å². The quantitative estimate of drug-likeness (QED) is 0.729. The maximum Gasteiger partial charge on any atom is 0.131 e. The van der Waals surface area contributed by atoms with Gasteiger partial charge in [-0.15, -0.1) is 0 Å². The van der Waals surface area contributed by atoms with E-state index in [4.69, 9.17) is 0 Å². The Morgan fingerprint density at radius 3 is 2.89 bits per heavy atom. The van der Waals surface area contributed by atoms with Gasteiger partial charge >= 0.3 is 0 Å². The van der Waals surface area contributed by atoms with Crippen LogP contribution >= 0.6 is 0 Å². The fraction of sp³-hybridized carbons (Fsp3) is 0.188. The summed E-state index contributed by atoms with van der Waals surface area (Å²) in [6.07, 6.45) is 10.5. The second-order valence-corrected chi connectivity index (χ2v) is 4.73. The summed E-state index contributed by atoms with van der Waals surface area (Å²) in [5, 5.41) is 0. The van der Waals surface area contributed by atoms with Crippen molar-refractivity contribution in [3.63, 3.8) is 0 Å². The van der Waals surface area contributed by atoms with Gasteiger partial charge in [0.1, 0.15) is 5.84 Å². The Hall–Kier alpha value is -2.09. The van der Waals surface area contributed by atoms with Crippen molar-refractivity contribution in [3.8, 4) is 0 Å². The summed E-state index contributed by atoms with van der Waals surface area (Å²) in [5.74, 6) is 1.02.